The van der Waals surface area contributed by atoms with E-state index >= 15 is 0 Å². The van der Waals surface area contributed by atoms with Crippen molar-refractivity contribution < 1.29 is 9.47 Å². The van der Waals surface area contributed by atoms with Crippen molar-refractivity contribution in [1.82, 2.24) is 15.5 Å². The first kappa shape index (κ1) is 26.4. The molecule has 1 aromatic rings. The highest BCUT2D eigenvalue weighted by Crippen LogP contribution is 2.19. The summed E-state index contributed by atoms with van der Waals surface area (Å²) in [5.74, 6) is 2.24. The van der Waals surface area contributed by atoms with Crippen LogP contribution in [-0.2, 0) is 22.6 Å². The SMILES string of the molecule is CN=C(NCCCOCC1CCOC1)NCc1ccccc1CN1CCCC(C)C1.I. The number of guanidine groups is 1. The predicted octanol–water partition coefficient (Wildman–Crippen LogP) is 3.64. The fourth-order valence-electron chi connectivity index (χ4n) is 4.30. The normalized spacial score (nSPS) is 22.2. The quantitative estimate of drug-likeness (QED) is 0.204. The lowest BCUT2D eigenvalue weighted by atomic mass is 9.99. The Labute approximate surface area is 205 Å². The average Bonchev–Trinajstić information content (AvgIpc) is 3.27. The van der Waals surface area contributed by atoms with E-state index in [4.69, 9.17) is 9.47 Å². The van der Waals surface area contributed by atoms with E-state index < -0.39 is 0 Å². The average molecular weight is 545 g/mol. The lowest BCUT2D eigenvalue weighted by Crippen LogP contribution is -2.38. The van der Waals surface area contributed by atoms with Gasteiger partial charge in [0, 0.05) is 52.4 Å². The molecule has 0 bridgehead atoms. The molecule has 2 N–H and O–H groups in total. The summed E-state index contributed by atoms with van der Waals surface area (Å²) >= 11 is 0. The number of ether oxygens (including phenoxy) is 2. The third-order valence-electron chi connectivity index (χ3n) is 6.06. The number of rotatable bonds is 10. The van der Waals surface area contributed by atoms with Crippen molar-refractivity contribution in [2.45, 2.75) is 45.7 Å². The zero-order chi connectivity index (χ0) is 21.0. The lowest BCUT2D eigenvalue weighted by Gasteiger charge is -2.31. The second-order valence-corrected chi connectivity index (χ2v) is 8.76. The van der Waals surface area contributed by atoms with E-state index in [0.29, 0.717) is 5.92 Å². The zero-order valence-corrected chi connectivity index (χ0v) is 21.6. The first-order valence-electron chi connectivity index (χ1n) is 11.6. The van der Waals surface area contributed by atoms with Crippen LogP contribution in [0, 0.1) is 11.8 Å². The Kier molecular flexibility index (Phi) is 12.8. The molecule has 0 aromatic heterocycles. The molecule has 0 spiro atoms. The maximum Gasteiger partial charge on any atom is 0.191 e. The van der Waals surface area contributed by atoms with Gasteiger partial charge >= 0.3 is 0 Å². The van der Waals surface area contributed by atoms with Crippen LogP contribution in [0.3, 0.4) is 0 Å². The van der Waals surface area contributed by atoms with E-state index in [1.807, 2.05) is 7.05 Å². The fraction of sp³-hybridized carbons (Fsp3) is 0.708. The monoisotopic (exact) mass is 544 g/mol. The van der Waals surface area contributed by atoms with Crippen molar-refractivity contribution in [3.8, 4) is 0 Å². The van der Waals surface area contributed by atoms with Gasteiger partial charge in [0.25, 0.3) is 0 Å². The summed E-state index contributed by atoms with van der Waals surface area (Å²) in [4.78, 5) is 6.96. The third kappa shape index (κ3) is 9.63. The van der Waals surface area contributed by atoms with E-state index in [-0.39, 0.29) is 24.0 Å². The van der Waals surface area contributed by atoms with Crippen LogP contribution in [0.15, 0.2) is 29.3 Å². The molecule has 7 heteroatoms. The van der Waals surface area contributed by atoms with Crippen molar-refractivity contribution in [1.29, 1.82) is 0 Å². The van der Waals surface area contributed by atoms with Crippen molar-refractivity contribution in [3.05, 3.63) is 35.4 Å². The number of aliphatic imine (C=N–C) groups is 1. The molecule has 2 atom stereocenters. The smallest absolute Gasteiger partial charge is 0.191 e. The molecule has 3 rings (SSSR count). The summed E-state index contributed by atoms with van der Waals surface area (Å²) in [6.07, 6.45) is 4.78. The molecule has 0 amide bonds. The van der Waals surface area contributed by atoms with Gasteiger partial charge in [0.15, 0.2) is 5.96 Å². The Hall–Kier alpha value is -0.900. The van der Waals surface area contributed by atoms with Gasteiger partial charge in [-0.3, -0.25) is 9.89 Å². The maximum atomic E-state index is 5.77. The number of hydrogen-bond donors (Lipinski definition) is 2. The minimum atomic E-state index is 0. The Morgan fingerprint density at radius 3 is 2.81 bits per heavy atom. The van der Waals surface area contributed by atoms with E-state index in [0.717, 1.165) is 70.8 Å². The second-order valence-electron chi connectivity index (χ2n) is 8.76. The number of nitrogens with one attached hydrogen (secondary N) is 2. The van der Waals surface area contributed by atoms with Crippen molar-refractivity contribution in [2.24, 2.45) is 16.8 Å². The van der Waals surface area contributed by atoms with Crippen molar-refractivity contribution in [3.63, 3.8) is 0 Å². The van der Waals surface area contributed by atoms with Gasteiger partial charge in [0.1, 0.15) is 0 Å². The number of nitrogens with zero attached hydrogens (tertiary/aromatic N) is 2. The fourth-order valence-corrected chi connectivity index (χ4v) is 4.30. The molecule has 2 saturated heterocycles. The van der Waals surface area contributed by atoms with Gasteiger partial charge in [-0.25, -0.2) is 0 Å². The number of piperidine rings is 1. The Morgan fingerprint density at radius 1 is 1.23 bits per heavy atom. The minimum Gasteiger partial charge on any atom is -0.381 e. The van der Waals surface area contributed by atoms with Crippen LogP contribution in [0.1, 0.15) is 43.7 Å². The summed E-state index contributed by atoms with van der Waals surface area (Å²) < 4.78 is 11.2. The molecule has 6 nitrogen and oxygen atoms in total. The van der Waals surface area contributed by atoms with E-state index in [1.54, 1.807) is 0 Å². The van der Waals surface area contributed by atoms with E-state index in [1.165, 1.54) is 37.1 Å². The van der Waals surface area contributed by atoms with Gasteiger partial charge < -0.3 is 20.1 Å². The highest BCUT2D eigenvalue weighted by molar-refractivity contribution is 14.0. The highest BCUT2D eigenvalue weighted by atomic mass is 127. The van der Waals surface area contributed by atoms with Crippen LogP contribution in [-0.4, -0.2) is 64.0 Å². The first-order valence-corrected chi connectivity index (χ1v) is 11.6. The largest absolute Gasteiger partial charge is 0.381 e. The lowest BCUT2D eigenvalue weighted by molar-refractivity contribution is 0.0888. The second kappa shape index (κ2) is 15.0. The summed E-state index contributed by atoms with van der Waals surface area (Å²) in [5.41, 5.74) is 2.76. The van der Waals surface area contributed by atoms with Gasteiger partial charge in [0.05, 0.1) is 13.2 Å². The molecule has 0 saturated carbocycles. The predicted molar refractivity (Wildman–Crippen MR) is 138 cm³/mol. The summed E-state index contributed by atoms with van der Waals surface area (Å²) in [6, 6.07) is 8.77. The van der Waals surface area contributed by atoms with Crippen LogP contribution in [0.5, 0.6) is 0 Å². The van der Waals surface area contributed by atoms with Crippen LogP contribution in [0.2, 0.25) is 0 Å². The van der Waals surface area contributed by atoms with Crippen LogP contribution in [0.4, 0.5) is 0 Å². The van der Waals surface area contributed by atoms with Crippen LogP contribution >= 0.6 is 24.0 Å². The molecule has 31 heavy (non-hydrogen) atoms. The van der Waals surface area contributed by atoms with Gasteiger partial charge in [-0.05, 0) is 49.3 Å². The molecule has 176 valence electrons. The maximum absolute atomic E-state index is 5.77. The molecule has 0 aliphatic carbocycles. The van der Waals surface area contributed by atoms with E-state index in [2.05, 4.69) is 51.7 Å². The van der Waals surface area contributed by atoms with Gasteiger partial charge in [0.2, 0.25) is 0 Å². The van der Waals surface area contributed by atoms with Gasteiger partial charge in [-0.15, -0.1) is 24.0 Å². The van der Waals surface area contributed by atoms with Crippen molar-refractivity contribution >= 4 is 29.9 Å². The molecule has 2 aliphatic rings. The zero-order valence-electron chi connectivity index (χ0n) is 19.3. The topological polar surface area (TPSA) is 58.1 Å². The summed E-state index contributed by atoms with van der Waals surface area (Å²) in [7, 11) is 1.83. The molecular weight excluding hydrogens is 503 g/mol. The van der Waals surface area contributed by atoms with Gasteiger partial charge in [-0.2, -0.15) is 0 Å². The Morgan fingerprint density at radius 2 is 2.06 bits per heavy atom. The minimum absolute atomic E-state index is 0. The molecule has 2 aliphatic heterocycles. The van der Waals surface area contributed by atoms with Crippen LogP contribution < -0.4 is 10.6 Å². The molecule has 2 fully saturated rings. The Balaban J connectivity index is 0.00000341. The number of likely N-dealkylation sites (tertiary alicyclic amines) is 1. The molecule has 2 unspecified atom stereocenters. The molecule has 0 radical (unpaired) electrons. The van der Waals surface area contributed by atoms with E-state index in [9.17, 15) is 0 Å². The highest BCUT2D eigenvalue weighted by Gasteiger charge is 2.17. The van der Waals surface area contributed by atoms with Crippen LogP contribution in [0.25, 0.3) is 0 Å². The molecule has 2 heterocycles. The first-order chi connectivity index (χ1) is 14.7. The molecular formula is C24H41IN4O2. The Bertz CT molecular complexity index is 652. The standard InChI is InChI=1S/C24H40N4O2.HI/c1-20-7-5-12-28(16-20)17-23-9-4-3-8-22(23)15-27-24(25-2)26-11-6-13-29-18-21-10-14-30-19-21;/h3-4,8-9,20-21H,5-7,10-19H2,1-2H3,(H2,25,26,27);1H. The number of hydrogen-bond acceptors (Lipinski definition) is 4. The summed E-state index contributed by atoms with van der Waals surface area (Å²) in [6.45, 7) is 10.8. The number of halogens is 1. The summed E-state index contributed by atoms with van der Waals surface area (Å²) in [5, 5.41) is 6.87. The molecule has 1 aromatic carbocycles. The third-order valence-corrected chi connectivity index (χ3v) is 6.06. The van der Waals surface area contributed by atoms with Gasteiger partial charge in [-0.1, -0.05) is 31.2 Å². The van der Waals surface area contributed by atoms with Crippen molar-refractivity contribution in [2.75, 3.05) is 53.1 Å². The number of benzene rings is 1.